The van der Waals surface area contributed by atoms with Crippen molar-refractivity contribution in [2.75, 3.05) is 6.61 Å². The highest BCUT2D eigenvalue weighted by molar-refractivity contribution is 5.95. The van der Waals surface area contributed by atoms with E-state index in [-0.39, 0.29) is 6.61 Å². The van der Waals surface area contributed by atoms with E-state index in [0.717, 1.165) is 16.5 Å². The number of rotatable bonds is 5. The molecule has 2 aromatic carbocycles. The van der Waals surface area contributed by atoms with Crippen molar-refractivity contribution >= 4 is 22.9 Å². The van der Waals surface area contributed by atoms with Gasteiger partial charge < -0.3 is 14.5 Å². The summed E-state index contributed by atoms with van der Waals surface area (Å²) in [6.07, 6.45) is 0. The maximum atomic E-state index is 11.8. The van der Waals surface area contributed by atoms with Crippen LogP contribution in [0.15, 0.2) is 63.8 Å². The molecule has 0 saturated heterocycles. The van der Waals surface area contributed by atoms with Crippen LogP contribution in [0, 0.1) is 6.92 Å². The number of imide groups is 1. The standard InChI is InChI=1S/C20H18N2O5/c1-13-9-19(24)27-17-10-15(7-8-16(13)17)26-12-18(23)22-20(25)21-11-14-5-3-2-4-6-14/h2-10H,11-12H2,1H3,(H2,21,22,23,25). The number of fused-ring (bicyclic) bond motifs is 1. The van der Waals surface area contributed by atoms with Crippen LogP contribution in [-0.4, -0.2) is 18.5 Å². The number of aryl methyl sites for hydroxylation is 1. The molecule has 0 aliphatic rings. The van der Waals surface area contributed by atoms with Crippen molar-refractivity contribution in [1.29, 1.82) is 0 Å². The summed E-state index contributed by atoms with van der Waals surface area (Å²) in [6, 6.07) is 15.1. The molecule has 0 spiro atoms. The van der Waals surface area contributed by atoms with E-state index in [0.29, 0.717) is 17.9 Å². The van der Waals surface area contributed by atoms with Gasteiger partial charge >= 0.3 is 11.7 Å². The lowest BCUT2D eigenvalue weighted by molar-refractivity contribution is -0.122. The lowest BCUT2D eigenvalue weighted by atomic mass is 10.1. The number of carbonyl (C=O) groups is 2. The Kier molecular flexibility index (Phi) is 5.51. The van der Waals surface area contributed by atoms with Gasteiger partial charge in [0, 0.05) is 24.1 Å². The number of amides is 3. The van der Waals surface area contributed by atoms with Crippen LogP contribution in [0.2, 0.25) is 0 Å². The Morgan fingerprint density at radius 2 is 1.85 bits per heavy atom. The van der Waals surface area contributed by atoms with Crippen LogP contribution >= 0.6 is 0 Å². The molecule has 3 rings (SSSR count). The second kappa shape index (κ2) is 8.18. The van der Waals surface area contributed by atoms with E-state index in [4.69, 9.17) is 9.15 Å². The fourth-order valence-corrected chi connectivity index (χ4v) is 2.53. The van der Waals surface area contributed by atoms with Gasteiger partial charge in [-0.2, -0.15) is 0 Å². The minimum atomic E-state index is -0.604. The topological polar surface area (TPSA) is 97.6 Å². The number of hydrogen-bond donors (Lipinski definition) is 2. The largest absolute Gasteiger partial charge is 0.484 e. The molecular weight excluding hydrogens is 348 g/mol. The molecule has 0 radical (unpaired) electrons. The normalized spacial score (nSPS) is 10.4. The molecule has 0 aliphatic carbocycles. The summed E-state index contributed by atoms with van der Waals surface area (Å²) in [7, 11) is 0. The van der Waals surface area contributed by atoms with Crippen molar-refractivity contribution < 1.29 is 18.7 Å². The maximum absolute atomic E-state index is 11.8. The lowest BCUT2D eigenvalue weighted by Crippen LogP contribution is -2.41. The lowest BCUT2D eigenvalue weighted by Gasteiger charge is -2.09. The number of urea groups is 1. The third kappa shape index (κ3) is 4.94. The van der Waals surface area contributed by atoms with Crippen molar-refractivity contribution in [1.82, 2.24) is 10.6 Å². The Bertz CT molecular complexity index is 1030. The van der Waals surface area contributed by atoms with Gasteiger partial charge in [0.25, 0.3) is 5.91 Å². The van der Waals surface area contributed by atoms with Gasteiger partial charge in [-0.05, 0) is 30.2 Å². The van der Waals surface area contributed by atoms with E-state index < -0.39 is 17.6 Å². The Morgan fingerprint density at radius 1 is 1.07 bits per heavy atom. The molecule has 2 N–H and O–H groups in total. The third-order valence-corrected chi connectivity index (χ3v) is 3.84. The highest BCUT2D eigenvalue weighted by atomic mass is 16.5. The second-order valence-corrected chi connectivity index (χ2v) is 5.91. The summed E-state index contributed by atoms with van der Waals surface area (Å²) in [5.41, 5.74) is 1.63. The zero-order valence-electron chi connectivity index (χ0n) is 14.7. The van der Waals surface area contributed by atoms with E-state index in [1.54, 1.807) is 19.1 Å². The summed E-state index contributed by atoms with van der Waals surface area (Å²) in [4.78, 5) is 35.0. The summed E-state index contributed by atoms with van der Waals surface area (Å²) in [6.45, 7) is 1.77. The van der Waals surface area contributed by atoms with Crippen LogP contribution < -0.4 is 21.0 Å². The Hall–Kier alpha value is -3.61. The predicted molar refractivity (Wildman–Crippen MR) is 99.5 cm³/mol. The van der Waals surface area contributed by atoms with Crippen molar-refractivity contribution in [3.05, 3.63) is 76.1 Å². The number of carbonyl (C=O) groups excluding carboxylic acids is 2. The molecule has 7 heteroatoms. The summed E-state index contributed by atoms with van der Waals surface area (Å²) < 4.78 is 10.5. The fourth-order valence-electron chi connectivity index (χ4n) is 2.53. The zero-order chi connectivity index (χ0) is 19.2. The van der Waals surface area contributed by atoms with E-state index in [1.807, 2.05) is 30.3 Å². The van der Waals surface area contributed by atoms with Gasteiger partial charge in [-0.25, -0.2) is 9.59 Å². The van der Waals surface area contributed by atoms with Gasteiger partial charge in [0.15, 0.2) is 6.61 Å². The Morgan fingerprint density at radius 3 is 2.63 bits per heavy atom. The van der Waals surface area contributed by atoms with E-state index >= 15 is 0 Å². The van der Waals surface area contributed by atoms with E-state index in [2.05, 4.69) is 10.6 Å². The maximum Gasteiger partial charge on any atom is 0.336 e. The molecule has 0 fully saturated rings. The van der Waals surface area contributed by atoms with E-state index in [9.17, 15) is 14.4 Å². The molecule has 3 aromatic rings. The van der Waals surface area contributed by atoms with Gasteiger partial charge in [-0.3, -0.25) is 10.1 Å². The molecule has 27 heavy (non-hydrogen) atoms. The van der Waals surface area contributed by atoms with Gasteiger partial charge in [0.2, 0.25) is 0 Å². The monoisotopic (exact) mass is 366 g/mol. The molecule has 3 amide bonds. The van der Waals surface area contributed by atoms with Gasteiger partial charge in [0.1, 0.15) is 11.3 Å². The molecule has 0 atom stereocenters. The Labute approximate surface area is 154 Å². The van der Waals surface area contributed by atoms with Crippen molar-refractivity contribution in [3.8, 4) is 5.75 Å². The van der Waals surface area contributed by atoms with Gasteiger partial charge in [0.05, 0.1) is 0 Å². The number of hydrogen-bond acceptors (Lipinski definition) is 5. The molecular formula is C20H18N2O5. The summed E-state index contributed by atoms with van der Waals surface area (Å²) in [5, 5.41) is 5.56. The SMILES string of the molecule is Cc1cc(=O)oc2cc(OCC(=O)NC(=O)NCc3ccccc3)ccc12. The highest BCUT2D eigenvalue weighted by Crippen LogP contribution is 2.22. The predicted octanol–water partition coefficient (Wildman–Crippen LogP) is 2.51. The molecule has 7 nitrogen and oxygen atoms in total. The molecule has 0 saturated carbocycles. The first-order valence-electron chi connectivity index (χ1n) is 8.30. The molecule has 138 valence electrons. The van der Waals surface area contributed by atoms with Crippen LogP contribution in [-0.2, 0) is 11.3 Å². The zero-order valence-corrected chi connectivity index (χ0v) is 14.7. The van der Waals surface area contributed by atoms with Crippen molar-refractivity contribution in [2.24, 2.45) is 0 Å². The summed E-state index contributed by atoms with van der Waals surface area (Å²) in [5.74, 6) is -0.234. The minimum absolute atomic E-state index is 0.309. The first-order chi connectivity index (χ1) is 13.0. The fraction of sp³-hybridized carbons (Fsp3) is 0.150. The summed E-state index contributed by atoms with van der Waals surface area (Å²) >= 11 is 0. The first-order valence-corrected chi connectivity index (χ1v) is 8.30. The molecule has 1 aromatic heterocycles. The van der Waals surface area contributed by atoms with Crippen LogP contribution in [0.5, 0.6) is 5.75 Å². The van der Waals surface area contributed by atoms with Crippen LogP contribution in [0.3, 0.4) is 0 Å². The molecule has 0 bridgehead atoms. The smallest absolute Gasteiger partial charge is 0.336 e. The second-order valence-electron chi connectivity index (χ2n) is 5.91. The van der Waals surface area contributed by atoms with Gasteiger partial charge in [-0.1, -0.05) is 30.3 Å². The van der Waals surface area contributed by atoms with Crippen LogP contribution in [0.4, 0.5) is 4.79 Å². The van der Waals surface area contributed by atoms with Crippen molar-refractivity contribution in [2.45, 2.75) is 13.5 Å². The average Bonchev–Trinajstić information content (AvgIpc) is 2.65. The van der Waals surface area contributed by atoms with Crippen LogP contribution in [0.1, 0.15) is 11.1 Å². The number of nitrogens with one attached hydrogen (secondary N) is 2. The number of benzene rings is 2. The van der Waals surface area contributed by atoms with Crippen LogP contribution in [0.25, 0.3) is 11.0 Å². The van der Waals surface area contributed by atoms with E-state index in [1.165, 1.54) is 12.1 Å². The first kappa shape index (κ1) is 18.2. The third-order valence-electron chi connectivity index (χ3n) is 3.84. The number of ether oxygens (including phenoxy) is 1. The Balaban J connectivity index is 1.52. The molecule has 1 heterocycles. The minimum Gasteiger partial charge on any atom is -0.484 e. The molecule has 0 aliphatic heterocycles. The van der Waals surface area contributed by atoms with Crippen molar-refractivity contribution in [3.63, 3.8) is 0 Å². The highest BCUT2D eigenvalue weighted by Gasteiger charge is 2.09. The average molecular weight is 366 g/mol. The quantitative estimate of drug-likeness (QED) is 0.676. The molecule has 0 unspecified atom stereocenters. The van der Waals surface area contributed by atoms with Gasteiger partial charge in [-0.15, -0.1) is 0 Å².